The number of methoxy groups -OCH3 is 1. The van der Waals surface area contributed by atoms with Gasteiger partial charge in [0.2, 0.25) is 11.5 Å². The number of carbonyl (C=O) groups is 1. The number of carbonyl (C=O) groups excluding carboxylic acids is 1. The first kappa shape index (κ1) is 16.4. The van der Waals surface area contributed by atoms with E-state index in [1.54, 1.807) is 6.92 Å². The van der Waals surface area contributed by atoms with Crippen LogP contribution in [-0.4, -0.2) is 18.0 Å². The van der Waals surface area contributed by atoms with Crippen molar-refractivity contribution < 1.29 is 28.0 Å². The fourth-order valence-corrected chi connectivity index (χ4v) is 2.39. The topological polar surface area (TPSA) is 91.8 Å². The summed E-state index contributed by atoms with van der Waals surface area (Å²) in [6, 6.07) is 7.66. The molecule has 8 heteroatoms. The summed E-state index contributed by atoms with van der Waals surface area (Å²) in [6.07, 6.45) is 0. The molecule has 25 heavy (non-hydrogen) atoms. The first-order chi connectivity index (χ1) is 11.9. The Kier molecular flexibility index (Phi) is 4.10. The number of nitro benzene ring substituents is 1. The number of halogens is 1. The highest BCUT2D eigenvalue weighted by Crippen LogP contribution is 2.33. The van der Waals surface area contributed by atoms with Crippen LogP contribution >= 0.6 is 0 Å². The Morgan fingerprint density at radius 2 is 2.00 bits per heavy atom. The van der Waals surface area contributed by atoms with Gasteiger partial charge in [0, 0.05) is 10.9 Å². The summed E-state index contributed by atoms with van der Waals surface area (Å²) in [6.45, 7) is 1.57. The number of hydrogen-bond donors (Lipinski definition) is 0. The molecule has 0 aliphatic heterocycles. The number of rotatable bonds is 4. The molecule has 0 atom stereocenters. The van der Waals surface area contributed by atoms with E-state index in [-0.39, 0.29) is 17.3 Å². The van der Waals surface area contributed by atoms with Gasteiger partial charge in [-0.2, -0.15) is 0 Å². The van der Waals surface area contributed by atoms with Crippen LogP contribution in [0.4, 0.5) is 10.1 Å². The summed E-state index contributed by atoms with van der Waals surface area (Å²) in [5.41, 5.74) is 0.276. The predicted octanol–water partition coefficient (Wildman–Crippen LogP) is 4.02. The second kappa shape index (κ2) is 6.23. The molecular weight excluding hydrogens is 333 g/mol. The van der Waals surface area contributed by atoms with E-state index >= 15 is 0 Å². The summed E-state index contributed by atoms with van der Waals surface area (Å²) < 4.78 is 28.8. The molecule has 0 aliphatic carbocycles. The molecule has 0 unspecified atom stereocenters. The van der Waals surface area contributed by atoms with Crippen LogP contribution in [0.15, 0.2) is 40.8 Å². The van der Waals surface area contributed by atoms with E-state index in [0.29, 0.717) is 16.5 Å². The number of ether oxygens (including phenoxy) is 2. The van der Waals surface area contributed by atoms with Crippen LogP contribution in [0.5, 0.6) is 11.5 Å². The van der Waals surface area contributed by atoms with Gasteiger partial charge >= 0.3 is 11.7 Å². The maximum Gasteiger partial charge on any atom is 0.380 e. The minimum absolute atomic E-state index is 0.147. The number of benzene rings is 2. The summed E-state index contributed by atoms with van der Waals surface area (Å²) in [5, 5.41) is 11.6. The number of furan rings is 1. The Morgan fingerprint density at radius 1 is 1.24 bits per heavy atom. The zero-order chi connectivity index (χ0) is 18.1. The highest BCUT2D eigenvalue weighted by atomic mass is 19.1. The molecule has 0 amide bonds. The van der Waals surface area contributed by atoms with Gasteiger partial charge in [-0.3, -0.25) is 10.1 Å². The van der Waals surface area contributed by atoms with Crippen molar-refractivity contribution in [2.45, 2.75) is 6.92 Å². The van der Waals surface area contributed by atoms with Crippen molar-refractivity contribution in [3.63, 3.8) is 0 Å². The maximum atomic E-state index is 13.3. The molecule has 0 bridgehead atoms. The lowest BCUT2D eigenvalue weighted by molar-refractivity contribution is -0.385. The largest absolute Gasteiger partial charge is 0.496 e. The standard InChI is InChI=1S/C17H12FNO6/c1-9-12-7-10(18)3-5-14(12)24-16(9)17(20)25-15-6-4-11(23-2)8-13(15)19(21)22/h3-8H,1-2H3. The molecule has 3 aromatic rings. The average Bonchev–Trinajstić information content (AvgIpc) is 2.91. The number of nitro groups is 1. The number of fused-ring (bicyclic) bond motifs is 1. The van der Waals surface area contributed by atoms with Crippen LogP contribution in [0, 0.1) is 22.9 Å². The van der Waals surface area contributed by atoms with E-state index in [9.17, 15) is 19.3 Å². The second-order valence-corrected chi connectivity index (χ2v) is 5.18. The smallest absolute Gasteiger partial charge is 0.380 e. The van der Waals surface area contributed by atoms with Gasteiger partial charge in [0.1, 0.15) is 17.1 Å². The van der Waals surface area contributed by atoms with Crippen LogP contribution in [0.1, 0.15) is 16.1 Å². The molecule has 128 valence electrons. The van der Waals surface area contributed by atoms with E-state index in [1.165, 1.54) is 37.4 Å². The summed E-state index contributed by atoms with van der Waals surface area (Å²) in [4.78, 5) is 22.8. The number of aryl methyl sites for hydroxylation is 1. The Balaban J connectivity index is 1.98. The van der Waals surface area contributed by atoms with E-state index in [0.717, 1.165) is 6.07 Å². The molecule has 1 heterocycles. The normalized spacial score (nSPS) is 10.7. The summed E-state index contributed by atoms with van der Waals surface area (Å²) in [5.74, 6) is -1.53. The highest BCUT2D eigenvalue weighted by molar-refractivity contribution is 5.97. The van der Waals surface area contributed by atoms with Crippen molar-refractivity contribution in [3.05, 3.63) is 63.7 Å². The number of esters is 1. The van der Waals surface area contributed by atoms with Crippen molar-refractivity contribution in [2.75, 3.05) is 7.11 Å². The van der Waals surface area contributed by atoms with Crippen molar-refractivity contribution in [1.29, 1.82) is 0 Å². The fourth-order valence-electron chi connectivity index (χ4n) is 2.39. The molecule has 3 rings (SSSR count). The van der Waals surface area contributed by atoms with Crippen molar-refractivity contribution >= 4 is 22.6 Å². The van der Waals surface area contributed by atoms with Crippen LogP contribution < -0.4 is 9.47 Å². The molecule has 2 aromatic carbocycles. The Bertz CT molecular complexity index is 994. The van der Waals surface area contributed by atoms with Crippen molar-refractivity contribution in [1.82, 2.24) is 0 Å². The predicted molar refractivity (Wildman–Crippen MR) is 85.5 cm³/mol. The van der Waals surface area contributed by atoms with Crippen molar-refractivity contribution in [2.24, 2.45) is 0 Å². The van der Waals surface area contributed by atoms with Crippen LogP contribution in [0.25, 0.3) is 11.0 Å². The Morgan fingerprint density at radius 3 is 2.68 bits per heavy atom. The molecule has 0 fully saturated rings. The molecule has 0 radical (unpaired) electrons. The van der Waals surface area contributed by atoms with Gasteiger partial charge in [-0.15, -0.1) is 0 Å². The van der Waals surface area contributed by atoms with Crippen LogP contribution in [-0.2, 0) is 0 Å². The number of nitrogens with zero attached hydrogens (tertiary/aromatic N) is 1. The third kappa shape index (κ3) is 3.01. The van der Waals surface area contributed by atoms with E-state index in [2.05, 4.69) is 0 Å². The monoisotopic (exact) mass is 345 g/mol. The molecule has 0 saturated carbocycles. The summed E-state index contributed by atoms with van der Waals surface area (Å²) in [7, 11) is 1.36. The summed E-state index contributed by atoms with van der Waals surface area (Å²) >= 11 is 0. The first-order valence-corrected chi connectivity index (χ1v) is 7.14. The molecule has 7 nitrogen and oxygen atoms in total. The van der Waals surface area contributed by atoms with E-state index < -0.39 is 22.4 Å². The number of hydrogen-bond acceptors (Lipinski definition) is 6. The van der Waals surface area contributed by atoms with Gasteiger partial charge in [-0.05, 0) is 37.3 Å². The SMILES string of the molecule is COc1ccc(OC(=O)c2oc3ccc(F)cc3c2C)c([N+](=O)[O-])c1. The Hall–Kier alpha value is -3.42. The highest BCUT2D eigenvalue weighted by Gasteiger charge is 2.24. The van der Waals surface area contributed by atoms with E-state index in [1.807, 2.05) is 0 Å². The van der Waals surface area contributed by atoms with Gasteiger partial charge in [0.05, 0.1) is 18.1 Å². The average molecular weight is 345 g/mol. The van der Waals surface area contributed by atoms with Crippen LogP contribution in [0.2, 0.25) is 0 Å². The third-order valence-corrected chi connectivity index (χ3v) is 3.65. The fraction of sp³-hybridized carbons (Fsp3) is 0.118. The van der Waals surface area contributed by atoms with Gasteiger partial charge in [0.15, 0.2) is 0 Å². The molecule has 0 N–H and O–H groups in total. The second-order valence-electron chi connectivity index (χ2n) is 5.18. The zero-order valence-electron chi connectivity index (χ0n) is 13.2. The third-order valence-electron chi connectivity index (χ3n) is 3.65. The maximum absolute atomic E-state index is 13.3. The van der Waals surface area contributed by atoms with Gasteiger partial charge < -0.3 is 13.9 Å². The lowest BCUT2D eigenvalue weighted by Gasteiger charge is -2.05. The lowest BCUT2D eigenvalue weighted by atomic mass is 10.1. The van der Waals surface area contributed by atoms with Gasteiger partial charge in [-0.25, -0.2) is 9.18 Å². The van der Waals surface area contributed by atoms with Crippen LogP contribution in [0.3, 0.4) is 0 Å². The molecule has 1 aromatic heterocycles. The van der Waals surface area contributed by atoms with E-state index in [4.69, 9.17) is 13.9 Å². The van der Waals surface area contributed by atoms with Gasteiger partial charge in [-0.1, -0.05) is 0 Å². The first-order valence-electron chi connectivity index (χ1n) is 7.14. The Labute approximate surface area is 140 Å². The molecule has 0 spiro atoms. The molecular formula is C17H12FNO6. The lowest BCUT2D eigenvalue weighted by Crippen LogP contribution is -2.10. The zero-order valence-corrected chi connectivity index (χ0v) is 13.2. The minimum Gasteiger partial charge on any atom is -0.496 e. The molecule has 0 saturated heterocycles. The van der Waals surface area contributed by atoms with Crippen molar-refractivity contribution in [3.8, 4) is 11.5 Å². The quantitative estimate of drug-likeness (QED) is 0.307. The molecule has 0 aliphatic rings. The van der Waals surface area contributed by atoms with Gasteiger partial charge in [0.25, 0.3) is 0 Å². The minimum atomic E-state index is -0.914.